The highest BCUT2D eigenvalue weighted by Gasteiger charge is 2.46. The van der Waals surface area contributed by atoms with Crippen molar-refractivity contribution in [1.29, 1.82) is 0 Å². The first-order valence-electron chi connectivity index (χ1n) is 7.72. The molecule has 0 saturated carbocycles. The monoisotopic (exact) mass is 366 g/mol. The number of alkyl halides is 2. The summed E-state index contributed by atoms with van der Waals surface area (Å²) in [5, 5.41) is 2.93. The summed E-state index contributed by atoms with van der Waals surface area (Å²) in [6.07, 6.45) is -1.47. The topological polar surface area (TPSA) is 81.8 Å². The molecule has 1 aliphatic heterocycles. The molecular formula is C17H17F3N4O2. The normalized spacial score (nSPS) is 20.0. The van der Waals surface area contributed by atoms with Crippen LogP contribution in [0.5, 0.6) is 5.75 Å². The second-order valence-electron chi connectivity index (χ2n) is 5.69. The van der Waals surface area contributed by atoms with Gasteiger partial charge in [-0.05, 0) is 30.3 Å². The first kappa shape index (κ1) is 18.0. The minimum Gasteiger partial charge on any atom is -0.493 e. The second-order valence-corrected chi connectivity index (χ2v) is 5.69. The van der Waals surface area contributed by atoms with Crippen LogP contribution in [0, 0.1) is 5.82 Å². The zero-order chi connectivity index (χ0) is 18.7. The summed E-state index contributed by atoms with van der Waals surface area (Å²) in [5.74, 6) is -0.127. The van der Waals surface area contributed by atoms with Gasteiger partial charge < -0.3 is 20.5 Å². The fourth-order valence-corrected chi connectivity index (χ4v) is 2.72. The number of benzene rings is 1. The third kappa shape index (κ3) is 3.30. The molecule has 0 bridgehead atoms. The van der Waals surface area contributed by atoms with Gasteiger partial charge in [0.1, 0.15) is 18.3 Å². The number of nitrogens with zero attached hydrogens (tertiary/aromatic N) is 2. The van der Waals surface area contributed by atoms with E-state index in [1.165, 1.54) is 25.4 Å². The van der Waals surface area contributed by atoms with Crippen LogP contribution in [-0.4, -0.2) is 37.6 Å². The highest BCUT2D eigenvalue weighted by molar-refractivity contribution is 5.82. The van der Waals surface area contributed by atoms with Crippen LogP contribution in [0.4, 0.5) is 24.7 Å². The average molecular weight is 366 g/mol. The number of anilines is 2. The molecule has 0 aliphatic carbocycles. The van der Waals surface area contributed by atoms with Gasteiger partial charge in [0.2, 0.25) is 0 Å². The molecule has 0 saturated heterocycles. The molecule has 138 valence electrons. The number of aliphatic imine (C=N–C) groups is 1. The largest absolute Gasteiger partial charge is 0.493 e. The van der Waals surface area contributed by atoms with Crippen LogP contribution in [0.1, 0.15) is 5.56 Å². The predicted molar refractivity (Wildman–Crippen MR) is 90.6 cm³/mol. The van der Waals surface area contributed by atoms with Crippen molar-refractivity contribution in [3.05, 3.63) is 47.9 Å². The van der Waals surface area contributed by atoms with E-state index in [0.29, 0.717) is 17.3 Å². The Morgan fingerprint density at radius 2 is 2.15 bits per heavy atom. The summed E-state index contributed by atoms with van der Waals surface area (Å²) >= 11 is 0. The lowest BCUT2D eigenvalue weighted by atomic mass is 9.90. The quantitative estimate of drug-likeness (QED) is 0.850. The summed E-state index contributed by atoms with van der Waals surface area (Å²) in [5.41, 5.74) is 3.40. The fourth-order valence-electron chi connectivity index (χ4n) is 2.72. The molecule has 3 rings (SSSR count). The van der Waals surface area contributed by atoms with Crippen molar-refractivity contribution < 1.29 is 22.6 Å². The molecule has 1 unspecified atom stereocenters. The van der Waals surface area contributed by atoms with Crippen molar-refractivity contribution in [1.82, 2.24) is 4.98 Å². The smallest absolute Gasteiger partial charge is 0.269 e. The van der Waals surface area contributed by atoms with Gasteiger partial charge in [0.15, 0.2) is 17.1 Å². The third-order valence-corrected chi connectivity index (χ3v) is 3.96. The molecule has 26 heavy (non-hydrogen) atoms. The zero-order valence-corrected chi connectivity index (χ0v) is 13.9. The van der Waals surface area contributed by atoms with Crippen LogP contribution in [0.15, 0.2) is 41.5 Å². The molecule has 9 heteroatoms. The number of hydrogen-bond acceptors (Lipinski definition) is 6. The minimum atomic E-state index is -3.00. The van der Waals surface area contributed by atoms with Crippen LogP contribution in [-0.2, 0) is 10.3 Å². The lowest BCUT2D eigenvalue weighted by Crippen LogP contribution is -2.45. The molecular weight excluding hydrogens is 349 g/mol. The summed E-state index contributed by atoms with van der Waals surface area (Å²) in [7, 11) is 1.47. The lowest BCUT2D eigenvalue weighted by molar-refractivity contribution is -0.0145. The first-order chi connectivity index (χ1) is 12.5. The van der Waals surface area contributed by atoms with Gasteiger partial charge in [-0.1, -0.05) is 0 Å². The van der Waals surface area contributed by atoms with E-state index in [9.17, 15) is 13.2 Å². The zero-order valence-electron chi connectivity index (χ0n) is 13.9. The molecule has 2 aromatic rings. The molecule has 6 nitrogen and oxygen atoms in total. The van der Waals surface area contributed by atoms with Crippen molar-refractivity contribution in [2.24, 2.45) is 10.7 Å². The second kappa shape index (κ2) is 7.20. The molecule has 0 amide bonds. The molecule has 0 spiro atoms. The minimum absolute atomic E-state index is 0.0703. The lowest BCUT2D eigenvalue weighted by Gasteiger charge is -2.33. The van der Waals surface area contributed by atoms with E-state index in [2.05, 4.69) is 15.3 Å². The Balaban J connectivity index is 2.03. The summed E-state index contributed by atoms with van der Waals surface area (Å²) in [6, 6.07) is 7.10. The van der Waals surface area contributed by atoms with Crippen LogP contribution in [0.3, 0.4) is 0 Å². The Morgan fingerprint density at radius 3 is 2.85 bits per heavy atom. The molecule has 1 aromatic carbocycles. The number of nitrogens with two attached hydrogens (primary N) is 1. The predicted octanol–water partition coefficient (Wildman–Crippen LogP) is 2.82. The number of ether oxygens (including phenoxy) is 2. The highest BCUT2D eigenvalue weighted by atomic mass is 19.3. The van der Waals surface area contributed by atoms with Crippen molar-refractivity contribution >= 4 is 17.3 Å². The van der Waals surface area contributed by atoms with Crippen LogP contribution in [0.25, 0.3) is 0 Å². The Kier molecular flexibility index (Phi) is 4.99. The van der Waals surface area contributed by atoms with Gasteiger partial charge in [0, 0.05) is 17.4 Å². The first-order valence-corrected chi connectivity index (χ1v) is 7.72. The number of amidine groups is 1. The Labute approximate surface area is 147 Å². The van der Waals surface area contributed by atoms with Crippen molar-refractivity contribution in [3.8, 4) is 5.75 Å². The van der Waals surface area contributed by atoms with Gasteiger partial charge in [-0.15, -0.1) is 0 Å². The van der Waals surface area contributed by atoms with E-state index >= 15 is 0 Å². The Hall–Kier alpha value is -2.81. The van der Waals surface area contributed by atoms with E-state index in [1.807, 2.05) is 0 Å². The molecule has 1 aromatic heterocycles. The molecule has 0 radical (unpaired) electrons. The van der Waals surface area contributed by atoms with Gasteiger partial charge in [-0.2, -0.15) is 0 Å². The van der Waals surface area contributed by atoms with Gasteiger partial charge >= 0.3 is 0 Å². The molecule has 3 N–H and O–H groups in total. The van der Waals surface area contributed by atoms with E-state index in [0.717, 1.165) is 6.07 Å². The Morgan fingerprint density at radius 1 is 1.35 bits per heavy atom. The average Bonchev–Trinajstić information content (AvgIpc) is 2.63. The third-order valence-electron chi connectivity index (χ3n) is 3.96. The molecule has 1 atom stereocenters. The summed E-state index contributed by atoms with van der Waals surface area (Å²) in [4.78, 5) is 7.96. The highest BCUT2D eigenvalue weighted by Crippen LogP contribution is 2.38. The van der Waals surface area contributed by atoms with Crippen LogP contribution >= 0.6 is 0 Å². The van der Waals surface area contributed by atoms with Crippen molar-refractivity contribution in [2.45, 2.75) is 12.0 Å². The number of pyridine rings is 1. The maximum absolute atomic E-state index is 14.4. The maximum Gasteiger partial charge on any atom is 0.269 e. The number of aromatic nitrogens is 1. The van der Waals surface area contributed by atoms with Crippen molar-refractivity contribution in [2.75, 3.05) is 25.6 Å². The van der Waals surface area contributed by atoms with E-state index in [-0.39, 0.29) is 18.0 Å². The number of halogens is 3. The van der Waals surface area contributed by atoms with E-state index < -0.39 is 24.4 Å². The maximum atomic E-state index is 14.4. The van der Waals surface area contributed by atoms with Gasteiger partial charge in [0.25, 0.3) is 6.43 Å². The van der Waals surface area contributed by atoms with Gasteiger partial charge in [-0.3, -0.25) is 4.99 Å². The fraction of sp³-hybridized carbons (Fsp3) is 0.294. The number of nitrogens with one attached hydrogen (secondary N) is 1. The molecule has 0 fully saturated rings. The van der Waals surface area contributed by atoms with E-state index in [4.69, 9.17) is 15.2 Å². The van der Waals surface area contributed by atoms with Gasteiger partial charge in [-0.25, -0.2) is 18.2 Å². The van der Waals surface area contributed by atoms with E-state index in [1.54, 1.807) is 12.1 Å². The number of rotatable bonds is 5. The van der Waals surface area contributed by atoms with Crippen molar-refractivity contribution in [3.63, 3.8) is 0 Å². The number of methoxy groups -OCH3 is 1. The summed E-state index contributed by atoms with van der Waals surface area (Å²) < 4.78 is 52.4. The number of hydrogen-bond donors (Lipinski definition) is 2. The molecule has 2 heterocycles. The standard InChI is InChI=1S/C17H17F3N4O2/c1-25-13-3-2-6-22-15(13)23-10-4-5-12(18)11(7-10)17(16(19)20)9-26-8-14(21)24-17/h2-7,16H,8-9H2,1H3,(H2,21,24)(H,22,23). The van der Waals surface area contributed by atoms with Crippen LogP contribution < -0.4 is 15.8 Å². The Bertz CT molecular complexity index is 831. The van der Waals surface area contributed by atoms with Gasteiger partial charge in [0.05, 0.1) is 13.7 Å². The molecule has 1 aliphatic rings. The SMILES string of the molecule is COc1cccnc1Nc1ccc(F)c(C2(C(F)F)COCC(N)=N2)c1. The summed E-state index contributed by atoms with van der Waals surface area (Å²) in [6.45, 7) is -0.544. The van der Waals surface area contributed by atoms with Crippen LogP contribution in [0.2, 0.25) is 0 Å².